The highest BCUT2D eigenvalue weighted by molar-refractivity contribution is 6.31. The van der Waals surface area contributed by atoms with Crippen LogP contribution in [-0.2, 0) is 16.1 Å². The van der Waals surface area contributed by atoms with Gasteiger partial charge in [-0.1, -0.05) is 25.4 Å². The Kier molecular flexibility index (Phi) is 6.87. The molecule has 1 fully saturated rings. The van der Waals surface area contributed by atoms with Crippen LogP contribution in [0.2, 0.25) is 5.15 Å². The van der Waals surface area contributed by atoms with Crippen molar-refractivity contribution in [1.82, 2.24) is 19.6 Å². The molecule has 1 aromatic heterocycles. The van der Waals surface area contributed by atoms with Crippen LogP contribution in [0.1, 0.15) is 37.9 Å². The van der Waals surface area contributed by atoms with Gasteiger partial charge in [0.2, 0.25) is 11.8 Å². The number of aryl methyl sites for hydroxylation is 1. The predicted octanol–water partition coefficient (Wildman–Crippen LogP) is 2.84. The summed E-state index contributed by atoms with van der Waals surface area (Å²) in [4.78, 5) is 27.9. The third-order valence-corrected chi connectivity index (χ3v) is 5.04. The SMILES string of the molecule is Cc1nn(CC(C)C)c(Cl)c1C=CC(=O)N1CCC(C(=O)N(C)C)CC1. The number of amides is 2. The molecule has 2 rings (SSSR count). The fourth-order valence-electron chi connectivity index (χ4n) is 3.20. The molecule has 1 aliphatic rings. The van der Waals surface area contributed by atoms with E-state index in [0.29, 0.717) is 37.0 Å². The molecule has 144 valence electrons. The van der Waals surface area contributed by atoms with Crippen molar-refractivity contribution in [3.05, 3.63) is 22.5 Å². The van der Waals surface area contributed by atoms with Crippen molar-refractivity contribution in [2.24, 2.45) is 11.8 Å². The summed E-state index contributed by atoms with van der Waals surface area (Å²) in [5, 5.41) is 5.02. The third-order valence-electron chi connectivity index (χ3n) is 4.64. The van der Waals surface area contributed by atoms with Crippen LogP contribution >= 0.6 is 11.6 Å². The maximum atomic E-state index is 12.5. The smallest absolute Gasteiger partial charge is 0.246 e. The van der Waals surface area contributed by atoms with Gasteiger partial charge in [0.25, 0.3) is 0 Å². The standard InChI is InChI=1S/C19H29ClN4O2/c1-13(2)12-24-18(20)16(14(3)21-24)6-7-17(25)23-10-8-15(9-11-23)19(26)22(4)5/h6-7,13,15H,8-12H2,1-5H3. The maximum Gasteiger partial charge on any atom is 0.246 e. The molecule has 0 spiro atoms. The van der Waals surface area contributed by atoms with Gasteiger partial charge in [0.05, 0.1) is 5.69 Å². The summed E-state index contributed by atoms with van der Waals surface area (Å²) in [5.74, 6) is 0.556. The minimum atomic E-state index is -0.0483. The Balaban J connectivity index is 1.98. The van der Waals surface area contributed by atoms with E-state index < -0.39 is 0 Å². The van der Waals surface area contributed by atoms with E-state index in [1.165, 1.54) is 0 Å². The number of likely N-dealkylation sites (tertiary alicyclic amines) is 1. The van der Waals surface area contributed by atoms with Gasteiger partial charge in [-0.25, -0.2) is 0 Å². The molecule has 0 bridgehead atoms. The van der Waals surface area contributed by atoms with Crippen LogP contribution in [0.25, 0.3) is 6.08 Å². The number of rotatable bonds is 5. The monoisotopic (exact) mass is 380 g/mol. The molecule has 6 nitrogen and oxygen atoms in total. The van der Waals surface area contributed by atoms with Crippen LogP contribution in [0.15, 0.2) is 6.08 Å². The van der Waals surface area contributed by atoms with Crippen LogP contribution in [0, 0.1) is 18.8 Å². The van der Waals surface area contributed by atoms with Crippen molar-refractivity contribution in [2.45, 2.75) is 40.2 Å². The van der Waals surface area contributed by atoms with Gasteiger partial charge in [-0.3, -0.25) is 14.3 Å². The van der Waals surface area contributed by atoms with E-state index in [1.807, 2.05) is 6.92 Å². The minimum absolute atomic E-state index is 0.0176. The van der Waals surface area contributed by atoms with Crippen LogP contribution in [0.3, 0.4) is 0 Å². The second-order valence-electron chi connectivity index (χ2n) is 7.53. The van der Waals surface area contributed by atoms with E-state index in [2.05, 4.69) is 18.9 Å². The molecular formula is C19H29ClN4O2. The number of carbonyl (C=O) groups excluding carboxylic acids is 2. The number of carbonyl (C=O) groups is 2. The van der Waals surface area contributed by atoms with Gasteiger partial charge >= 0.3 is 0 Å². The summed E-state index contributed by atoms with van der Waals surface area (Å²) >= 11 is 6.41. The molecule has 1 saturated heterocycles. The molecule has 1 aromatic rings. The maximum absolute atomic E-state index is 12.5. The van der Waals surface area contributed by atoms with E-state index in [0.717, 1.165) is 17.8 Å². The topological polar surface area (TPSA) is 58.4 Å². The highest BCUT2D eigenvalue weighted by Gasteiger charge is 2.27. The summed E-state index contributed by atoms with van der Waals surface area (Å²) in [6, 6.07) is 0. The number of hydrogen-bond acceptors (Lipinski definition) is 3. The summed E-state index contributed by atoms with van der Waals surface area (Å²) < 4.78 is 1.78. The highest BCUT2D eigenvalue weighted by atomic mass is 35.5. The lowest BCUT2D eigenvalue weighted by Crippen LogP contribution is -2.42. The van der Waals surface area contributed by atoms with Crippen LogP contribution < -0.4 is 0 Å². The van der Waals surface area contributed by atoms with Crippen LogP contribution in [0.5, 0.6) is 0 Å². The second kappa shape index (κ2) is 8.71. The quantitative estimate of drug-likeness (QED) is 0.738. The van der Waals surface area contributed by atoms with E-state index in [9.17, 15) is 9.59 Å². The van der Waals surface area contributed by atoms with Crippen LogP contribution in [-0.4, -0.2) is 58.6 Å². The van der Waals surface area contributed by atoms with E-state index >= 15 is 0 Å². The van der Waals surface area contributed by atoms with Gasteiger partial charge in [0.1, 0.15) is 5.15 Å². The molecule has 0 N–H and O–H groups in total. The average molecular weight is 381 g/mol. The predicted molar refractivity (Wildman–Crippen MR) is 104 cm³/mol. The number of piperidine rings is 1. The highest BCUT2D eigenvalue weighted by Crippen LogP contribution is 2.23. The Hall–Kier alpha value is -1.82. The van der Waals surface area contributed by atoms with Crippen LogP contribution in [0.4, 0.5) is 0 Å². The Morgan fingerprint density at radius 2 is 1.92 bits per heavy atom. The molecule has 0 aliphatic carbocycles. The molecule has 2 amide bonds. The van der Waals surface area contributed by atoms with Gasteiger partial charge in [-0.2, -0.15) is 5.10 Å². The molecule has 26 heavy (non-hydrogen) atoms. The van der Waals surface area contributed by atoms with Gasteiger partial charge in [0, 0.05) is 51.3 Å². The first-order valence-corrected chi connectivity index (χ1v) is 9.49. The van der Waals surface area contributed by atoms with Gasteiger partial charge in [0.15, 0.2) is 0 Å². The van der Waals surface area contributed by atoms with E-state index in [1.54, 1.807) is 40.7 Å². The number of aromatic nitrogens is 2. The van der Waals surface area contributed by atoms with Gasteiger partial charge in [-0.15, -0.1) is 0 Å². The van der Waals surface area contributed by atoms with Crippen molar-refractivity contribution in [2.75, 3.05) is 27.2 Å². The first kappa shape index (κ1) is 20.5. The first-order valence-electron chi connectivity index (χ1n) is 9.11. The minimum Gasteiger partial charge on any atom is -0.349 e. The molecule has 0 aromatic carbocycles. The molecule has 7 heteroatoms. The van der Waals surface area contributed by atoms with Gasteiger partial charge in [-0.05, 0) is 31.8 Å². The summed E-state index contributed by atoms with van der Waals surface area (Å²) in [7, 11) is 3.54. The van der Waals surface area contributed by atoms with Gasteiger partial charge < -0.3 is 9.80 Å². The summed E-state index contributed by atoms with van der Waals surface area (Å²) in [6.45, 7) is 8.06. The zero-order valence-electron chi connectivity index (χ0n) is 16.3. The molecule has 2 heterocycles. The Labute approximate surface area is 160 Å². The number of hydrogen-bond donors (Lipinski definition) is 0. The third kappa shape index (κ3) is 4.87. The summed E-state index contributed by atoms with van der Waals surface area (Å²) in [6.07, 6.45) is 4.73. The normalized spacial score (nSPS) is 15.9. The Bertz CT molecular complexity index is 686. The fourth-order valence-corrected chi connectivity index (χ4v) is 3.50. The average Bonchev–Trinajstić information content (AvgIpc) is 2.85. The lowest BCUT2D eigenvalue weighted by atomic mass is 9.95. The molecule has 0 saturated carbocycles. The zero-order valence-corrected chi connectivity index (χ0v) is 17.1. The lowest BCUT2D eigenvalue weighted by molar-refractivity contribution is -0.137. The molecular weight excluding hydrogens is 352 g/mol. The van der Waals surface area contributed by atoms with Crippen molar-refractivity contribution in [1.29, 1.82) is 0 Å². The Morgan fingerprint density at radius 1 is 1.31 bits per heavy atom. The number of nitrogens with zero attached hydrogens (tertiary/aromatic N) is 4. The van der Waals surface area contributed by atoms with Crippen molar-refractivity contribution in [3.63, 3.8) is 0 Å². The lowest BCUT2D eigenvalue weighted by Gasteiger charge is -2.31. The zero-order chi connectivity index (χ0) is 19.4. The second-order valence-corrected chi connectivity index (χ2v) is 7.89. The number of halogens is 1. The van der Waals surface area contributed by atoms with Crippen molar-refractivity contribution >= 4 is 29.5 Å². The molecule has 0 radical (unpaired) electrons. The van der Waals surface area contributed by atoms with Crippen molar-refractivity contribution in [3.8, 4) is 0 Å². The fraction of sp³-hybridized carbons (Fsp3) is 0.632. The first-order chi connectivity index (χ1) is 12.2. The molecule has 0 unspecified atom stereocenters. The largest absolute Gasteiger partial charge is 0.349 e. The van der Waals surface area contributed by atoms with E-state index in [4.69, 9.17) is 11.6 Å². The summed E-state index contributed by atoms with van der Waals surface area (Å²) in [5.41, 5.74) is 1.60. The Morgan fingerprint density at radius 3 is 2.46 bits per heavy atom. The van der Waals surface area contributed by atoms with E-state index in [-0.39, 0.29) is 17.7 Å². The molecule has 1 aliphatic heterocycles. The van der Waals surface area contributed by atoms with Crippen molar-refractivity contribution < 1.29 is 9.59 Å². The molecule has 0 atom stereocenters.